The van der Waals surface area contributed by atoms with Crippen LogP contribution in [0.3, 0.4) is 0 Å². The summed E-state index contributed by atoms with van der Waals surface area (Å²) in [5.74, 6) is 1.00. The van der Waals surface area contributed by atoms with Crippen LogP contribution in [0.2, 0.25) is 0 Å². The first-order chi connectivity index (χ1) is 8.31. The van der Waals surface area contributed by atoms with Crippen LogP contribution in [0.1, 0.15) is 36.0 Å². The van der Waals surface area contributed by atoms with Crippen LogP contribution >= 0.6 is 0 Å². The van der Waals surface area contributed by atoms with Gasteiger partial charge in [0.2, 0.25) is 0 Å². The molecule has 4 heteroatoms. The number of methoxy groups -OCH3 is 1. The largest absolute Gasteiger partial charge is 0.465 e. The van der Waals surface area contributed by atoms with E-state index in [0.717, 1.165) is 6.54 Å². The monoisotopic (exact) mass is 234 g/mol. The molecule has 1 aliphatic rings. The van der Waals surface area contributed by atoms with Gasteiger partial charge in [0, 0.05) is 12.7 Å². The average Bonchev–Trinajstić information content (AvgIpc) is 2.89. The molecule has 0 unspecified atom stereocenters. The molecule has 1 heterocycles. The zero-order chi connectivity index (χ0) is 12.1. The third-order valence-electron chi connectivity index (χ3n) is 3.25. The summed E-state index contributed by atoms with van der Waals surface area (Å²) in [7, 11) is 1.39. The van der Waals surface area contributed by atoms with Gasteiger partial charge in [-0.1, -0.05) is 12.8 Å². The Hall–Kier alpha value is -1.58. The fourth-order valence-corrected chi connectivity index (χ4v) is 2.28. The first-order valence-corrected chi connectivity index (χ1v) is 6.08. The van der Waals surface area contributed by atoms with Gasteiger partial charge in [0.15, 0.2) is 0 Å². The summed E-state index contributed by atoms with van der Waals surface area (Å²) in [6.45, 7) is 0.890. The summed E-state index contributed by atoms with van der Waals surface area (Å²) >= 11 is 0. The minimum Gasteiger partial charge on any atom is -0.465 e. The Morgan fingerprint density at radius 2 is 2.29 bits per heavy atom. The zero-order valence-corrected chi connectivity index (χ0v) is 10.1. The number of rotatable bonds is 4. The van der Waals surface area contributed by atoms with Gasteiger partial charge in [0.1, 0.15) is 11.4 Å². The van der Waals surface area contributed by atoms with Crippen molar-refractivity contribution < 1.29 is 9.53 Å². The molecule has 1 saturated carbocycles. The van der Waals surface area contributed by atoms with Gasteiger partial charge in [-0.05, 0) is 30.9 Å². The molecule has 0 aliphatic heterocycles. The van der Waals surface area contributed by atoms with E-state index in [4.69, 9.17) is 4.74 Å². The predicted octanol–water partition coefficient (Wildman–Crippen LogP) is 2.47. The fraction of sp³-hybridized carbons (Fsp3) is 0.538. The van der Waals surface area contributed by atoms with Gasteiger partial charge in [-0.25, -0.2) is 9.78 Å². The number of nitrogens with zero attached hydrogens (tertiary/aromatic N) is 1. The highest BCUT2D eigenvalue weighted by Gasteiger charge is 2.17. The van der Waals surface area contributed by atoms with Crippen molar-refractivity contribution in [2.45, 2.75) is 25.7 Å². The molecule has 1 aromatic rings. The molecule has 0 spiro atoms. The number of aromatic nitrogens is 1. The minimum absolute atomic E-state index is 0.341. The predicted molar refractivity (Wildman–Crippen MR) is 66.0 cm³/mol. The molecule has 0 atom stereocenters. The van der Waals surface area contributed by atoms with Crippen molar-refractivity contribution in [3.63, 3.8) is 0 Å². The molecule has 17 heavy (non-hydrogen) atoms. The number of carbonyl (C=O) groups excluding carboxylic acids is 1. The first-order valence-electron chi connectivity index (χ1n) is 6.08. The molecule has 1 N–H and O–H groups in total. The van der Waals surface area contributed by atoms with Crippen LogP contribution in [0, 0.1) is 5.92 Å². The number of esters is 1. The van der Waals surface area contributed by atoms with Crippen LogP contribution < -0.4 is 5.32 Å². The molecule has 92 valence electrons. The topological polar surface area (TPSA) is 51.2 Å². The Morgan fingerprint density at radius 1 is 1.53 bits per heavy atom. The van der Waals surface area contributed by atoms with Crippen LogP contribution in [-0.4, -0.2) is 24.6 Å². The number of nitrogens with one attached hydrogen (secondary N) is 1. The van der Waals surface area contributed by atoms with Crippen molar-refractivity contribution >= 4 is 11.8 Å². The van der Waals surface area contributed by atoms with Crippen molar-refractivity contribution in [1.82, 2.24) is 4.98 Å². The molecule has 0 saturated heterocycles. The van der Waals surface area contributed by atoms with E-state index in [1.54, 1.807) is 18.3 Å². The summed E-state index contributed by atoms with van der Waals surface area (Å²) in [6.07, 6.45) is 6.86. The standard InChI is InChI=1S/C13H18N2O2/c1-17-13(16)11-7-4-8-14-12(11)15-9-10-5-2-3-6-10/h4,7-8,10H,2-3,5-6,9H2,1H3,(H,14,15). The van der Waals surface area contributed by atoms with E-state index in [0.29, 0.717) is 17.3 Å². The number of pyridine rings is 1. The van der Waals surface area contributed by atoms with E-state index < -0.39 is 0 Å². The second kappa shape index (κ2) is 5.66. The van der Waals surface area contributed by atoms with Crippen LogP contribution in [0.15, 0.2) is 18.3 Å². The van der Waals surface area contributed by atoms with Crippen molar-refractivity contribution in [2.75, 3.05) is 19.0 Å². The van der Waals surface area contributed by atoms with Gasteiger partial charge in [0.25, 0.3) is 0 Å². The molecule has 2 rings (SSSR count). The van der Waals surface area contributed by atoms with Crippen LogP contribution in [0.25, 0.3) is 0 Å². The maximum absolute atomic E-state index is 11.5. The molecule has 1 aromatic heterocycles. The third-order valence-corrected chi connectivity index (χ3v) is 3.25. The highest BCUT2D eigenvalue weighted by Crippen LogP contribution is 2.25. The Bertz CT molecular complexity index is 387. The van der Waals surface area contributed by atoms with Gasteiger partial charge in [-0.3, -0.25) is 0 Å². The van der Waals surface area contributed by atoms with Gasteiger partial charge in [-0.15, -0.1) is 0 Å². The van der Waals surface area contributed by atoms with Crippen molar-refractivity contribution in [2.24, 2.45) is 5.92 Å². The number of ether oxygens (including phenoxy) is 1. The number of hydrogen-bond donors (Lipinski definition) is 1. The normalized spacial score (nSPS) is 15.8. The highest BCUT2D eigenvalue weighted by molar-refractivity contribution is 5.94. The van der Waals surface area contributed by atoms with Crippen molar-refractivity contribution in [3.8, 4) is 0 Å². The zero-order valence-electron chi connectivity index (χ0n) is 10.1. The molecule has 0 bridgehead atoms. The molecule has 0 aromatic carbocycles. The average molecular weight is 234 g/mol. The Morgan fingerprint density at radius 3 is 3.00 bits per heavy atom. The van der Waals surface area contributed by atoms with Gasteiger partial charge in [0.05, 0.1) is 7.11 Å². The summed E-state index contributed by atoms with van der Waals surface area (Å²) in [6, 6.07) is 3.48. The smallest absolute Gasteiger partial charge is 0.341 e. The second-order valence-electron chi connectivity index (χ2n) is 4.42. The van der Waals surface area contributed by atoms with E-state index >= 15 is 0 Å². The molecule has 4 nitrogen and oxygen atoms in total. The summed E-state index contributed by atoms with van der Waals surface area (Å²) in [4.78, 5) is 15.7. The Kier molecular flexibility index (Phi) is 3.96. The van der Waals surface area contributed by atoms with Crippen molar-refractivity contribution in [3.05, 3.63) is 23.9 Å². The highest BCUT2D eigenvalue weighted by atomic mass is 16.5. The van der Waals surface area contributed by atoms with Crippen LogP contribution in [0.5, 0.6) is 0 Å². The lowest BCUT2D eigenvalue weighted by atomic mass is 10.1. The molecule has 0 amide bonds. The van der Waals surface area contributed by atoms with E-state index in [9.17, 15) is 4.79 Å². The Balaban J connectivity index is 2.01. The first kappa shape index (κ1) is 11.9. The van der Waals surface area contributed by atoms with E-state index in [2.05, 4.69) is 10.3 Å². The Labute approximate surface area is 101 Å². The van der Waals surface area contributed by atoms with Gasteiger partial charge >= 0.3 is 5.97 Å². The maximum Gasteiger partial charge on any atom is 0.341 e. The molecule has 1 aliphatic carbocycles. The molecular weight excluding hydrogens is 216 g/mol. The third kappa shape index (κ3) is 2.96. The van der Waals surface area contributed by atoms with Crippen LogP contribution in [-0.2, 0) is 4.74 Å². The SMILES string of the molecule is COC(=O)c1cccnc1NCC1CCCC1. The lowest BCUT2D eigenvalue weighted by Crippen LogP contribution is -2.15. The summed E-state index contributed by atoms with van der Waals surface area (Å²) in [5, 5.41) is 3.26. The fourth-order valence-electron chi connectivity index (χ4n) is 2.28. The molecule has 1 fully saturated rings. The van der Waals surface area contributed by atoms with E-state index in [-0.39, 0.29) is 5.97 Å². The lowest BCUT2D eigenvalue weighted by molar-refractivity contribution is 0.0601. The molecule has 0 radical (unpaired) electrons. The lowest BCUT2D eigenvalue weighted by Gasteiger charge is -2.13. The van der Waals surface area contributed by atoms with E-state index in [1.807, 2.05) is 0 Å². The molecular formula is C13H18N2O2. The number of carbonyl (C=O) groups is 1. The second-order valence-corrected chi connectivity index (χ2v) is 4.42. The van der Waals surface area contributed by atoms with Gasteiger partial charge in [-0.2, -0.15) is 0 Å². The van der Waals surface area contributed by atoms with E-state index in [1.165, 1.54) is 32.8 Å². The van der Waals surface area contributed by atoms with Gasteiger partial charge < -0.3 is 10.1 Å². The maximum atomic E-state index is 11.5. The number of anilines is 1. The summed E-state index contributed by atoms with van der Waals surface area (Å²) in [5.41, 5.74) is 0.507. The summed E-state index contributed by atoms with van der Waals surface area (Å²) < 4.78 is 4.73. The minimum atomic E-state index is -0.341. The number of hydrogen-bond acceptors (Lipinski definition) is 4. The van der Waals surface area contributed by atoms with Crippen molar-refractivity contribution in [1.29, 1.82) is 0 Å². The van der Waals surface area contributed by atoms with Crippen LogP contribution in [0.4, 0.5) is 5.82 Å². The quantitative estimate of drug-likeness (QED) is 0.813.